The average molecular weight is 1590 g/mol. The quantitative estimate of drug-likeness (QED) is 0.0588. The van der Waals surface area contributed by atoms with E-state index in [-0.39, 0.29) is 143 Å². The van der Waals surface area contributed by atoms with Crippen molar-refractivity contribution < 1.29 is 135 Å². The van der Waals surface area contributed by atoms with Gasteiger partial charge in [-0.05, 0) is 76.2 Å². The Kier molecular flexibility index (Phi) is 84.1. The van der Waals surface area contributed by atoms with Gasteiger partial charge in [0.05, 0.1) is 41.1 Å². The molecule has 1 aliphatic heterocycles. The maximum Gasteiger partial charge on any atom is 0.311 e. The Labute approximate surface area is 586 Å². The summed E-state index contributed by atoms with van der Waals surface area (Å²) < 4.78 is 65.7. The number of nitrogens with one attached hydrogen (secondary N) is 2. The molecule has 7 rings (SSSR count). The zero-order valence-corrected chi connectivity index (χ0v) is 60.2. The van der Waals surface area contributed by atoms with Gasteiger partial charge in [-0.15, -0.1) is 0 Å². The Hall–Kier alpha value is -2.80. The van der Waals surface area contributed by atoms with Crippen molar-refractivity contribution in [3.63, 3.8) is 0 Å². The molecular weight excluding hydrogens is 1490 g/mol. The molecule has 0 radical (unpaired) electrons. The Balaban J connectivity index is -0.000000102. The van der Waals surface area contributed by atoms with Crippen molar-refractivity contribution in [2.24, 2.45) is 0 Å². The zero-order chi connectivity index (χ0) is 60.8. The minimum atomic E-state index is -3.76. The van der Waals surface area contributed by atoms with Crippen molar-refractivity contribution in [1.29, 1.82) is 0 Å². The molecule has 11 nitrogen and oxygen atoms in total. The predicted molar refractivity (Wildman–Crippen MR) is 352 cm³/mol. The van der Waals surface area contributed by atoms with E-state index in [1.54, 1.807) is 109 Å². The van der Waals surface area contributed by atoms with Crippen LogP contribution in [0, 0.1) is 112 Å². The fourth-order valence-electron chi connectivity index (χ4n) is 5.58. The molecule has 0 aliphatic carbocycles. The van der Waals surface area contributed by atoms with E-state index in [1.807, 2.05) is 175 Å². The van der Waals surface area contributed by atoms with Crippen LogP contribution in [0.2, 0.25) is 0 Å². The molecule has 16 heteroatoms. The van der Waals surface area contributed by atoms with Crippen molar-refractivity contribution in [2.45, 2.75) is 167 Å². The maximum atomic E-state index is 12.7. The van der Waals surface area contributed by atoms with Crippen LogP contribution in [-0.4, -0.2) is 42.2 Å². The normalized spacial score (nSPS) is 10.0. The smallest absolute Gasteiger partial charge is 0.311 e. The molecule has 0 amide bonds. The first-order valence-corrected chi connectivity index (χ1v) is 31.3. The standard InChI is InChI=1S/C21H17NO4S.C12H10INO2S.C10H10O3.10C2H6.2CH3.2Yb/c23-20-14-15-8-4-5-11-17(15)21(26-20)18-12-6-7-13-19(18)22-27(24,25)16-9-2-1-3-10-16;13-11-8-4-5-9-12(11)14-17(15,16)10-6-2-1-3-7-10;1-13-10(12)6-8-4-2-3-5-9(8)7-11;10*1-2;;;;/h1-13,21-22H,14H2;1-9,14H;2-5,7H,6H2,1H3;10*1-2H3;2*1H3;;/q;;;;;;;;;;;;;2*-1;;. The topological polar surface area (TPSA) is 162 Å². The van der Waals surface area contributed by atoms with Gasteiger partial charge in [0, 0.05) is 114 Å². The van der Waals surface area contributed by atoms with Gasteiger partial charge in [-0.3, -0.25) is 23.8 Å². The van der Waals surface area contributed by atoms with Crippen LogP contribution in [0.15, 0.2) is 168 Å². The number of fused-ring (bicyclic) bond motifs is 1. The van der Waals surface area contributed by atoms with Crippen LogP contribution in [0.1, 0.15) is 177 Å². The molecule has 6 aromatic rings. The van der Waals surface area contributed by atoms with E-state index in [0.29, 0.717) is 28.1 Å². The van der Waals surface area contributed by atoms with Gasteiger partial charge in [0.1, 0.15) is 6.29 Å². The number of para-hydroxylation sites is 2. The molecule has 1 aliphatic rings. The first-order chi connectivity index (χ1) is 37.4. The number of cyclic esters (lactones) is 1. The number of hydrogen-bond acceptors (Lipinski definition) is 9. The molecule has 6 aromatic carbocycles. The van der Waals surface area contributed by atoms with E-state index >= 15 is 0 Å². The van der Waals surface area contributed by atoms with Gasteiger partial charge in [0.2, 0.25) is 0 Å². The second-order valence-corrected chi connectivity index (χ2v) is 16.7. The van der Waals surface area contributed by atoms with Crippen molar-refractivity contribution in [3.8, 4) is 0 Å². The third kappa shape index (κ3) is 41.0. The van der Waals surface area contributed by atoms with Crippen LogP contribution >= 0.6 is 22.6 Å². The number of sulfonamides is 2. The molecule has 0 fully saturated rings. The van der Waals surface area contributed by atoms with E-state index in [4.69, 9.17) is 4.74 Å². The van der Waals surface area contributed by atoms with Gasteiger partial charge in [-0.2, -0.15) is 0 Å². The number of rotatable bonds is 10. The first-order valence-electron chi connectivity index (χ1n) is 27.3. The molecule has 0 saturated heterocycles. The number of aldehydes is 1. The number of esters is 2. The van der Waals surface area contributed by atoms with E-state index in [1.165, 1.54) is 19.2 Å². The minimum Gasteiger partial charge on any atom is -0.469 e. The summed E-state index contributed by atoms with van der Waals surface area (Å²) in [6, 6.07) is 45.2. The summed E-state index contributed by atoms with van der Waals surface area (Å²) in [5.74, 6) is -0.672. The van der Waals surface area contributed by atoms with Crippen molar-refractivity contribution in [2.75, 3.05) is 16.6 Å². The number of methoxy groups -OCH3 is 1. The Morgan fingerprint density at radius 1 is 0.519 bits per heavy atom. The molecule has 1 heterocycles. The average Bonchev–Trinajstić information content (AvgIpc) is 3.51. The van der Waals surface area contributed by atoms with Crippen LogP contribution < -0.4 is 9.44 Å². The third-order valence-corrected chi connectivity index (χ3v) is 12.1. The summed E-state index contributed by atoms with van der Waals surface area (Å²) in [6.07, 6.45) is 0.436. The SMILES string of the molecule is CC.CC.CC.CC.CC.CC.CC.CC.CC.CC.COC(=O)Cc1ccccc1C=O.O=C1Cc2ccccc2C(c2ccccc2NS(=O)(=O)c2ccccc2)O1.O=S(=O)(Nc1ccccc1I)c1ccccc1.[CH3-].[CH3-].[Yb].[Yb]. The monoisotopic (exact) mass is 1590 g/mol. The fraction of sp³-hybridized carbons (Fsp3) is 0.369. The summed E-state index contributed by atoms with van der Waals surface area (Å²) in [4.78, 5) is 34.0. The van der Waals surface area contributed by atoms with Gasteiger partial charge >= 0.3 is 11.9 Å². The summed E-state index contributed by atoms with van der Waals surface area (Å²) in [6.45, 7) is 40.0. The molecule has 81 heavy (non-hydrogen) atoms. The van der Waals surface area contributed by atoms with Crippen molar-refractivity contribution in [3.05, 3.63) is 204 Å². The van der Waals surface area contributed by atoms with Crippen molar-refractivity contribution in [1.82, 2.24) is 0 Å². The van der Waals surface area contributed by atoms with Gasteiger partial charge in [0.15, 0.2) is 6.10 Å². The van der Waals surface area contributed by atoms with Crippen LogP contribution in [0.4, 0.5) is 11.4 Å². The van der Waals surface area contributed by atoms with Crippen molar-refractivity contribution >= 4 is 72.2 Å². The van der Waals surface area contributed by atoms with Gasteiger partial charge < -0.3 is 24.3 Å². The predicted octanol–water partition coefficient (Wildman–Crippen LogP) is 19.1. The molecule has 2 N–H and O–H groups in total. The number of carbonyl (C=O) groups excluding carboxylic acids is 3. The number of carbonyl (C=O) groups is 3. The minimum absolute atomic E-state index is 0. The molecule has 0 aromatic heterocycles. The number of benzene rings is 6. The molecule has 476 valence electrons. The number of halogens is 1. The van der Waals surface area contributed by atoms with Gasteiger partial charge in [-0.1, -0.05) is 254 Å². The van der Waals surface area contributed by atoms with E-state index < -0.39 is 26.2 Å². The molecule has 0 spiro atoms. The maximum absolute atomic E-state index is 12.7. The fourth-order valence-corrected chi connectivity index (χ4v) is 8.50. The Bertz CT molecular complexity index is 2570. The summed E-state index contributed by atoms with van der Waals surface area (Å²) >= 11 is 2.09. The Morgan fingerprint density at radius 2 is 0.864 bits per heavy atom. The molecule has 0 saturated carbocycles. The second-order valence-electron chi connectivity index (χ2n) is 12.2. The number of ether oxygens (including phenoxy) is 2. The summed E-state index contributed by atoms with van der Waals surface area (Å²) in [7, 11) is -5.92. The molecular formula is C65H103IN2O9S2Yb2-2. The van der Waals surface area contributed by atoms with E-state index in [2.05, 4.69) is 36.8 Å². The summed E-state index contributed by atoms with van der Waals surface area (Å²) in [5.41, 5.74) is 4.56. The largest absolute Gasteiger partial charge is 0.469 e. The molecule has 1 unspecified atom stereocenters. The van der Waals surface area contributed by atoms with Gasteiger partial charge in [0.25, 0.3) is 20.0 Å². The number of hydrogen-bond donors (Lipinski definition) is 2. The van der Waals surface area contributed by atoms with Crippen LogP contribution in [-0.2, 0) is 52.0 Å². The third-order valence-electron chi connectivity index (χ3n) is 8.38. The van der Waals surface area contributed by atoms with Crippen LogP contribution in [0.3, 0.4) is 0 Å². The second kappa shape index (κ2) is 68.0. The van der Waals surface area contributed by atoms with E-state index in [9.17, 15) is 31.2 Å². The zero-order valence-electron chi connectivity index (χ0n) is 53.0. The molecule has 0 bridgehead atoms. The number of anilines is 2. The first kappa shape index (κ1) is 100. The summed E-state index contributed by atoms with van der Waals surface area (Å²) in [5, 5.41) is 0. The Morgan fingerprint density at radius 3 is 1.28 bits per heavy atom. The van der Waals surface area contributed by atoms with E-state index in [0.717, 1.165) is 21.0 Å². The van der Waals surface area contributed by atoms with Crippen LogP contribution in [0.25, 0.3) is 0 Å². The van der Waals surface area contributed by atoms with Crippen LogP contribution in [0.5, 0.6) is 0 Å². The van der Waals surface area contributed by atoms with Gasteiger partial charge in [-0.25, -0.2) is 16.8 Å². The molecule has 1 atom stereocenters.